The van der Waals surface area contributed by atoms with Gasteiger partial charge in [-0.2, -0.15) is 13.2 Å². The molecule has 0 radical (unpaired) electrons. The van der Waals surface area contributed by atoms with E-state index in [0.717, 1.165) is 38.2 Å². The van der Waals surface area contributed by atoms with Gasteiger partial charge in [0.15, 0.2) is 0 Å². The van der Waals surface area contributed by atoms with E-state index in [-0.39, 0.29) is 24.0 Å². The predicted molar refractivity (Wildman–Crippen MR) is 78.0 cm³/mol. The quantitative estimate of drug-likeness (QED) is 0.858. The highest BCUT2D eigenvalue weighted by Crippen LogP contribution is 2.42. The number of alkyl halides is 3. The van der Waals surface area contributed by atoms with Crippen LogP contribution in [0.5, 0.6) is 0 Å². The number of aromatic nitrogens is 1. The maximum atomic E-state index is 12.7. The van der Waals surface area contributed by atoms with E-state index < -0.39 is 17.3 Å². The number of piperidine rings is 1. The number of amides is 1. The first kappa shape index (κ1) is 17.0. The van der Waals surface area contributed by atoms with Crippen molar-refractivity contribution in [3.8, 4) is 0 Å². The van der Waals surface area contributed by atoms with Crippen molar-refractivity contribution in [2.24, 2.45) is 5.41 Å². The molecule has 2 aliphatic heterocycles. The molecule has 0 unspecified atom stereocenters. The third-order valence-electron chi connectivity index (χ3n) is 4.42. The summed E-state index contributed by atoms with van der Waals surface area (Å²) in [5.41, 5.74) is -1.07. The Balaban J connectivity index is 0.00000176. The molecule has 3 rings (SSSR count). The Kier molecular flexibility index (Phi) is 4.67. The van der Waals surface area contributed by atoms with Crippen LogP contribution < -0.4 is 10.2 Å². The third kappa shape index (κ3) is 2.92. The van der Waals surface area contributed by atoms with E-state index in [4.69, 9.17) is 0 Å². The molecule has 1 aromatic rings. The number of halogens is 4. The molecule has 1 amide bonds. The van der Waals surface area contributed by atoms with E-state index in [2.05, 4.69) is 10.3 Å². The van der Waals surface area contributed by atoms with Gasteiger partial charge in [-0.1, -0.05) is 0 Å². The molecule has 2 aliphatic rings. The van der Waals surface area contributed by atoms with Crippen molar-refractivity contribution in [2.75, 3.05) is 24.5 Å². The number of nitrogens with one attached hydrogen (secondary N) is 1. The van der Waals surface area contributed by atoms with Gasteiger partial charge in [-0.3, -0.25) is 9.78 Å². The lowest BCUT2D eigenvalue weighted by atomic mass is 9.78. The monoisotopic (exact) mass is 335 g/mol. The molecule has 122 valence electrons. The number of carbonyl (C=O) groups is 1. The SMILES string of the molecule is Cl.O=C1N(c2ccnc(C(F)(F)F)c2)CCC12CCNCC2. The van der Waals surface area contributed by atoms with Crippen LogP contribution in [0.2, 0.25) is 0 Å². The van der Waals surface area contributed by atoms with Gasteiger partial charge in [-0.05, 0) is 44.5 Å². The fourth-order valence-corrected chi connectivity index (χ4v) is 3.18. The summed E-state index contributed by atoms with van der Waals surface area (Å²) in [6, 6.07) is 2.42. The molecule has 0 bridgehead atoms. The smallest absolute Gasteiger partial charge is 0.317 e. The molecule has 1 N–H and O–H groups in total. The van der Waals surface area contributed by atoms with Crippen LogP contribution in [0, 0.1) is 5.41 Å². The normalized spacial score (nSPS) is 21.0. The van der Waals surface area contributed by atoms with Crippen molar-refractivity contribution in [3.63, 3.8) is 0 Å². The molecule has 0 saturated carbocycles. The van der Waals surface area contributed by atoms with Crippen LogP contribution in [-0.2, 0) is 11.0 Å². The number of pyridine rings is 1. The zero-order valence-electron chi connectivity index (χ0n) is 11.8. The molecule has 8 heteroatoms. The van der Waals surface area contributed by atoms with Crippen LogP contribution in [0.15, 0.2) is 18.3 Å². The Bertz CT molecular complexity index is 559. The van der Waals surface area contributed by atoms with E-state index in [1.54, 1.807) is 0 Å². The van der Waals surface area contributed by atoms with Gasteiger partial charge in [0, 0.05) is 18.4 Å². The van der Waals surface area contributed by atoms with E-state index in [1.165, 1.54) is 11.0 Å². The molecule has 1 spiro atoms. The molecule has 0 aliphatic carbocycles. The first-order valence-corrected chi connectivity index (χ1v) is 6.98. The van der Waals surface area contributed by atoms with Crippen molar-refractivity contribution in [1.82, 2.24) is 10.3 Å². The number of hydrogen-bond donors (Lipinski definition) is 1. The topological polar surface area (TPSA) is 45.2 Å². The van der Waals surface area contributed by atoms with E-state index in [1.807, 2.05) is 0 Å². The van der Waals surface area contributed by atoms with Crippen molar-refractivity contribution >= 4 is 24.0 Å². The molecule has 2 fully saturated rings. The molecular weight excluding hydrogens is 319 g/mol. The van der Waals surface area contributed by atoms with Crippen LogP contribution in [-0.4, -0.2) is 30.5 Å². The minimum absolute atomic E-state index is 0. The summed E-state index contributed by atoms with van der Waals surface area (Å²) in [7, 11) is 0. The molecule has 3 heterocycles. The Morgan fingerprint density at radius 3 is 2.55 bits per heavy atom. The largest absolute Gasteiger partial charge is 0.433 e. The molecule has 4 nitrogen and oxygen atoms in total. The fourth-order valence-electron chi connectivity index (χ4n) is 3.18. The summed E-state index contributed by atoms with van der Waals surface area (Å²) < 4.78 is 38.2. The van der Waals surface area contributed by atoms with Gasteiger partial charge in [0.25, 0.3) is 0 Å². The molecule has 0 atom stereocenters. The van der Waals surface area contributed by atoms with Gasteiger partial charge in [0.05, 0.1) is 5.41 Å². The number of hydrogen-bond acceptors (Lipinski definition) is 3. The van der Waals surface area contributed by atoms with Gasteiger partial charge in [0.2, 0.25) is 5.91 Å². The van der Waals surface area contributed by atoms with Crippen LogP contribution in [0.3, 0.4) is 0 Å². The number of anilines is 1. The van der Waals surface area contributed by atoms with E-state index >= 15 is 0 Å². The highest BCUT2D eigenvalue weighted by atomic mass is 35.5. The van der Waals surface area contributed by atoms with E-state index in [0.29, 0.717) is 13.0 Å². The second kappa shape index (κ2) is 6.04. The Labute approximate surface area is 132 Å². The van der Waals surface area contributed by atoms with Crippen molar-refractivity contribution in [3.05, 3.63) is 24.0 Å². The second-order valence-electron chi connectivity index (χ2n) is 5.63. The minimum atomic E-state index is -4.49. The zero-order chi connectivity index (χ0) is 15.1. The summed E-state index contributed by atoms with van der Waals surface area (Å²) in [5.74, 6) is -0.0525. The summed E-state index contributed by atoms with van der Waals surface area (Å²) in [6.07, 6.45) is -1.18. The van der Waals surface area contributed by atoms with Crippen LogP contribution >= 0.6 is 12.4 Å². The summed E-state index contributed by atoms with van der Waals surface area (Å²) >= 11 is 0. The lowest BCUT2D eigenvalue weighted by Crippen LogP contribution is -2.42. The predicted octanol–water partition coefficient (Wildman–Crippen LogP) is 2.63. The lowest BCUT2D eigenvalue weighted by Gasteiger charge is -2.32. The zero-order valence-corrected chi connectivity index (χ0v) is 12.6. The first-order chi connectivity index (χ1) is 9.92. The molecular formula is C14H17ClF3N3O. The van der Waals surface area contributed by atoms with Crippen LogP contribution in [0.25, 0.3) is 0 Å². The van der Waals surface area contributed by atoms with Gasteiger partial charge in [0.1, 0.15) is 5.69 Å². The minimum Gasteiger partial charge on any atom is -0.317 e. The van der Waals surface area contributed by atoms with Gasteiger partial charge >= 0.3 is 6.18 Å². The average molecular weight is 336 g/mol. The number of rotatable bonds is 1. The van der Waals surface area contributed by atoms with Gasteiger partial charge in [-0.25, -0.2) is 0 Å². The van der Waals surface area contributed by atoms with Crippen molar-refractivity contribution in [1.29, 1.82) is 0 Å². The van der Waals surface area contributed by atoms with E-state index in [9.17, 15) is 18.0 Å². The highest BCUT2D eigenvalue weighted by molar-refractivity contribution is 6.00. The van der Waals surface area contributed by atoms with Gasteiger partial charge in [-0.15, -0.1) is 12.4 Å². The Hall–Kier alpha value is -1.34. The summed E-state index contributed by atoms with van der Waals surface area (Å²) in [6.45, 7) is 2.04. The van der Waals surface area contributed by atoms with Gasteiger partial charge < -0.3 is 10.2 Å². The van der Waals surface area contributed by atoms with Crippen molar-refractivity contribution < 1.29 is 18.0 Å². The summed E-state index contributed by atoms with van der Waals surface area (Å²) in [4.78, 5) is 17.5. The molecule has 22 heavy (non-hydrogen) atoms. The number of nitrogens with zero attached hydrogens (tertiary/aromatic N) is 2. The standard InChI is InChI=1S/C14H16F3N3O.ClH/c15-14(16,17)11-9-10(1-5-19-11)20-8-4-13(12(20)21)2-6-18-7-3-13;/h1,5,9,18H,2-4,6-8H2;1H. The van der Waals surface area contributed by atoms with Crippen molar-refractivity contribution in [2.45, 2.75) is 25.4 Å². The lowest BCUT2D eigenvalue weighted by molar-refractivity contribution is -0.141. The Morgan fingerprint density at radius 1 is 1.23 bits per heavy atom. The maximum Gasteiger partial charge on any atom is 0.433 e. The maximum absolute atomic E-state index is 12.7. The Morgan fingerprint density at radius 2 is 1.91 bits per heavy atom. The highest BCUT2D eigenvalue weighted by Gasteiger charge is 2.47. The van der Waals surface area contributed by atoms with Crippen LogP contribution in [0.4, 0.5) is 18.9 Å². The third-order valence-corrected chi connectivity index (χ3v) is 4.42. The summed E-state index contributed by atoms with van der Waals surface area (Å²) in [5, 5.41) is 3.21. The number of carbonyl (C=O) groups excluding carboxylic acids is 1. The average Bonchev–Trinajstić information content (AvgIpc) is 2.76. The molecule has 1 aromatic heterocycles. The fraction of sp³-hybridized carbons (Fsp3) is 0.571. The molecule has 2 saturated heterocycles. The first-order valence-electron chi connectivity index (χ1n) is 6.98. The molecule has 0 aromatic carbocycles. The van der Waals surface area contributed by atoms with Crippen LogP contribution in [0.1, 0.15) is 25.0 Å². The second-order valence-corrected chi connectivity index (χ2v) is 5.63.